The average molecular weight is 463 g/mol. The summed E-state index contributed by atoms with van der Waals surface area (Å²) in [6.45, 7) is 2.02. The lowest BCUT2D eigenvalue weighted by Crippen LogP contribution is -2.30. The molecule has 3 aromatic heterocycles. The standard InChI is InChI=1S/C29H26N4O2/c1-19(20-8-10-21(11-9-20)25-6-4-5-7-27(25)35-3)33(2)29(34)26-17-22(12-14-30-26)24-16-23-13-15-31-28(23)32-18-24/h4-19H,1-3H3,(H,31,32). The number of nitrogens with one attached hydrogen (secondary N) is 1. The van der Waals surface area contributed by atoms with Crippen molar-refractivity contribution in [3.63, 3.8) is 0 Å². The zero-order chi connectivity index (χ0) is 24.4. The highest BCUT2D eigenvalue weighted by atomic mass is 16.5. The monoisotopic (exact) mass is 462 g/mol. The maximum atomic E-state index is 13.3. The predicted molar refractivity (Wildman–Crippen MR) is 138 cm³/mol. The van der Waals surface area contributed by atoms with Crippen molar-refractivity contribution in [3.05, 3.63) is 103 Å². The highest BCUT2D eigenvalue weighted by Crippen LogP contribution is 2.31. The minimum Gasteiger partial charge on any atom is -0.496 e. The Balaban J connectivity index is 1.36. The number of fused-ring (bicyclic) bond motifs is 1. The van der Waals surface area contributed by atoms with Crippen LogP contribution in [0, 0.1) is 0 Å². The first-order valence-electron chi connectivity index (χ1n) is 11.4. The number of amides is 1. The molecule has 1 N–H and O–H groups in total. The van der Waals surface area contributed by atoms with Gasteiger partial charge < -0.3 is 14.6 Å². The van der Waals surface area contributed by atoms with Crippen LogP contribution in [0.1, 0.15) is 29.0 Å². The van der Waals surface area contributed by atoms with Crippen LogP contribution in [0.2, 0.25) is 0 Å². The van der Waals surface area contributed by atoms with Gasteiger partial charge in [-0.3, -0.25) is 9.78 Å². The van der Waals surface area contributed by atoms with Gasteiger partial charge in [0.15, 0.2) is 0 Å². The van der Waals surface area contributed by atoms with Gasteiger partial charge in [-0.05, 0) is 53.9 Å². The van der Waals surface area contributed by atoms with Crippen LogP contribution in [-0.4, -0.2) is 39.9 Å². The molecule has 1 unspecified atom stereocenters. The lowest BCUT2D eigenvalue weighted by Gasteiger charge is -2.25. The van der Waals surface area contributed by atoms with E-state index in [-0.39, 0.29) is 11.9 Å². The molecule has 1 amide bonds. The fourth-order valence-electron chi connectivity index (χ4n) is 4.23. The summed E-state index contributed by atoms with van der Waals surface area (Å²) < 4.78 is 5.49. The molecule has 6 nitrogen and oxygen atoms in total. The molecule has 2 aromatic carbocycles. The molecule has 0 saturated carbocycles. The van der Waals surface area contributed by atoms with E-state index in [4.69, 9.17) is 4.74 Å². The van der Waals surface area contributed by atoms with Crippen LogP contribution in [-0.2, 0) is 0 Å². The smallest absolute Gasteiger partial charge is 0.272 e. The number of hydrogen-bond donors (Lipinski definition) is 1. The highest BCUT2D eigenvalue weighted by molar-refractivity contribution is 5.94. The maximum Gasteiger partial charge on any atom is 0.272 e. The van der Waals surface area contributed by atoms with Crippen molar-refractivity contribution in [2.45, 2.75) is 13.0 Å². The molecule has 5 aromatic rings. The number of aromatic amines is 1. The highest BCUT2D eigenvalue weighted by Gasteiger charge is 2.21. The number of H-pyrrole nitrogens is 1. The van der Waals surface area contributed by atoms with Crippen LogP contribution in [0.15, 0.2) is 91.4 Å². The first-order valence-corrected chi connectivity index (χ1v) is 11.4. The van der Waals surface area contributed by atoms with Crippen molar-refractivity contribution in [1.29, 1.82) is 0 Å². The van der Waals surface area contributed by atoms with Crippen molar-refractivity contribution >= 4 is 16.9 Å². The van der Waals surface area contributed by atoms with E-state index in [0.29, 0.717) is 5.69 Å². The number of carbonyl (C=O) groups is 1. The van der Waals surface area contributed by atoms with Gasteiger partial charge >= 0.3 is 0 Å². The molecule has 0 fully saturated rings. The molecule has 0 spiro atoms. The summed E-state index contributed by atoms with van der Waals surface area (Å²) in [5.74, 6) is 0.696. The van der Waals surface area contributed by atoms with Crippen molar-refractivity contribution < 1.29 is 9.53 Å². The van der Waals surface area contributed by atoms with E-state index in [1.54, 1.807) is 24.4 Å². The van der Waals surface area contributed by atoms with Crippen LogP contribution in [0.4, 0.5) is 0 Å². The molecule has 0 aliphatic carbocycles. The quantitative estimate of drug-likeness (QED) is 0.329. The van der Waals surface area contributed by atoms with Crippen LogP contribution < -0.4 is 4.74 Å². The van der Waals surface area contributed by atoms with Gasteiger partial charge in [-0.15, -0.1) is 0 Å². The number of rotatable bonds is 6. The van der Waals surface area contributed by atoms with Crippen LogP contribution in [0.3, 0.4) is 0 Å². The second-order valence-electron chi connectivity index (χ2n) is 8.48. The largest absolute Gasteiger partial charge is 0.496 e. The van der Waals surface area contributed by atoms with Gasteiger partial charge in [-0.25, -0.2) is 4.98 Å². The van der Waals surface area contributed by atoms with Gasteiger partial charge in [-0.1, -0.05) is 42.5 Å². The molecule has 6 heteroatoms. The van der Waals surface area contributed by atoms with Gasteiger partial charge in [0.2, 0.25) is 0 Å². The summed E-state index contributed by atoms with van der Waals surface area (Å²) in [6, 6.07) is 23.8. The Morgan fingerprint density at radius 2 is 1.74 bits per heavy atom. The zero-order valence-electron chi connectivity index (χ0n) is 19.9. The van der Waals surface area contributed by atoms with Crippen LogP contribution >= 0.6 is 0 Å². The molecule has 1 atom stereocenters. The summed E-state index contributed by atoms with van der Waals surface area (Å²) in [6.07, 6.45) is 5.34. The SMILES string of the molecule is COc1ccccc1-c1ccc(C(C)N(C)C(=O)c2cc(-c3cnc4[nH]ccc4c3)ccn2)cc1. The third-order valence-corrected chi connectivity index (χ3v) is 6.42. The van der Waals surface area contributed by atoms with Crippen molar-refractivity contribution in [1.82, 2.24) is 19.9 Å². The lowest BCUT2D eigenvalue weighted by atomic mass is 10.00. The van der Waals surface area contributed by atoms with Gasteiger partial charge in [0.25, 0.3) is 5.91 Å². The minimum absolute atomic E-state index is 0.127. The third kappa shape index (κ3) is 4.38. The number of methoxy groups -OCH3 is 1. The summed E-state index contributed by atoms with van der Waals surface area (Å²) in [5, 5.41) is 1.02. The van der Waals surface area contributed by atoms with Crippen molar-refractivity contribution in [2.75, 3.05) is 14.2 Å². The number of aromatic nitrogens is 3. The number of pyridine rings is 2. The van der Waals surface area contributed by atoms with E-state index < -0.39 is 0 Å². The molecule has 0 radical (unpaired) electrons. The minimum atomic E-state index is -0.135. The molecular weight excluding hydrogens is 436 g/mol. The first kappa shape index (κ1) is 22.3. The summed E-state index contributed by atoms with van der Waals surface area (Å²) in [4.78, 5) is 26.9. The Hall–Kier alpha value is -4.45. The average Bonchev–Trinajstić information content (AvgIpc) is 3.40. The number of carbonyl (C=O) groups excluding carboxylic acids is 1. The fraction of sp³-hybridized carbons (Fsp3) is 0.138. The number of hydrogen-bond acceptors (Lipinski definition) is 4. The molecule has 0 aliphatic rings. The fourth-order valence-corrected chi connectivity index (χ4v) is 4.23. The topological polar surface area (TPSA) is 71.1 Å². The Morgan fingerprint density at radius 3 is 2.54 bits per heavy atom. The first-order chi connectivity index (χ1) is 17.0. The number of nitrogens with zero attached hydrogens (tertiary/aromatic N) is 3. The van der Waals surface area contributed by atoms with E-state index in [2.05, 4.69) is 45.3 Å². The maximum absolute atomic E-state index is 13.3. The van der Waals surface area contributed by atoms with Crippen molar-refractivity contribution in [2.24, 2.45) is 0 Å². The van der Waals surface area contributed by atoms with Gasteiger partial charge in [0.05, 0.1) is 13.2 Å². The third-order valence-electron chi connectivity index (χ3n) is 6.42. The van der Waals surface area contributed by atoms with E-state index in [0.717, 1.165) is 44.6 Å². The predicted octanol–water partition coefficient (Wildman–Crippen LogP) is 6.13. The normalized spacial score (nSPS) is 11.9. The zero-order valence-corrected chi connectivity index (χ0v) is 19.9. The summed E-state index contributed by atoms with van der Waals surface area (Å²) in [5.41, 5.74) is 6.22. The Labute approximate surface area is 204 Å². The molecular formula is C29H26N4O2. The number of benzene rings is 2. The van der Waals surface area contributed by atoms with Crippen molar-refractivity contribution in [3.8, 4) is 28.0 Å². The molecule has 35 heavy (non-hydrogen) atoms. The molecule has 174 valence electrons. The van der Waals surface area contributed by atoms with E-state index in [1.807, 2.05) is 62.6 Å². The Morgan fingerprint density at radius 1 is 0.943 bits per heavy atom. The van der Waals surface area contributed by atoms with E-state index in [9.17, 15) is 4.79 Å². The van der Waals surface area contributed by atoms with Crippen LogP contribution in [0.25, 0.3) is 33.3 Å². The molecule has 0 saturated heterocycles. The summed E-state index contributed by atoms with van der Waals surface area (Å²) >= 11 is 0. The molecule has 3 heterocycles. The molecule has 0 aliphatic heterocycles. The van der Waals surface area contributed by atoms with E-state index in [1.165, 1.54) is 0 Å². The van der Waals surface area contributed by atoms with Crippen LogP contribution in [0.5, 0.6) is 5.75 Å². The molecule has 0 bridgehead atoms. The number of ether oxygens (including phenoxy) is 1. The lowest BCUT2D eigenvalue weighted by molar-refractivity contribution is 0.0737. The van der Waals surface area contributed by atoms with Gasteiger partial charge in [-0.2, -0.15) is 0 Å². The van der Waals surface area contributed by atoms with Gasteiger partial charge in [0.1, 0.15) is 17.1 Å². The Kier molecular flexibility index (Phi) is 6.02. The second kappa shape index (κ2) is 9.43. The van der Waals surface area contributed by atoms with Gasteiger partial charge in [0, 0.05) is 42.2 Å². The number of para-hydroxylation sites is 1. The molecule has 5 rings (SSSR count). The second-order valence-corrected chi connectivity index (χ2v) is 8.48. The Bertz CT molecular complexity index is 1490. The van der Waals surface area contributed by atoms with E-state index >= 15 is 0 Å². The summed E-state index contributed by atoms with van der Waals surface area (Å²) in [7, 11) is 3.48.